The molecule has 1 N–H and O–H groups in total. The van der Waals surface area contributed by atoms with Gasteiger partial charge < -0.3 is 9.84 Å². The molecular formula is C13H11NO3. The molecule has 17 heavy (non-hydrogen) atoms. The van der Waals surface area contributed by atoms with Gasteiger partial charge in [-0.15, -0.1) is 0 Å². The van der Waals surface area contributed by atoms with Gasteiger partial charge in [0.25, 0.3) is 0 Å². The smallest absolute Gasteiger partial charge is 0.315 e. The standard InChI is InChI=1S/C13H11NO3/c14-9-2-10-17-12-7-5-11(6-8-12)3-1-4-13(15)16/h5-8H,2,4,10H2,(H,15,16). The summed E-state index contributed by atoms with van der Waals surface area (Å²) in [6, 6.07) is 8.95. The Hall–Kier alpha value is -2.46. The van der Waals surface area contributed by atoms with Crippen molar-refractivity contribution in [2.24, 2.45) is 0 Å². The van der Waals surface area contributed by atoms with Gasteiger partial charge in [-0.25, -0.2) is 0 Å². The van der Waals surface area contributed by atoms with Crippen molar-refractivity contribution in [1.82, 2.24) is 0 Å². The summed E-state index contributed by atoms with van der Waals surface area (Å²) in [5.74, 6) is 5.01. The Bertz CT molecular complexity index is 474. The Morgan fingerprint density at radius 2 is 2.06 bits per heavy atom. The second-order valence-electron chi connectivity index (χ2n) is 3.15. The third-order valence-corrected chi connectivity index (χ3v) is 1.81. The fourth-order valence-corrected chi connectivity index (χ4v) is 1.07. The van der Waals surface area contributed by atoms with E-state index in [2.05, 4.69) is 11.8 Å². The summed E-state index contributed by atoms with van der Waals surface area (Å²) in [5.41, 5.74) is 0.735. The second kappa shape index (κ2) is 6.92. The molecule has 0 saturated heterocycles. The van der Waals surface area contributed by atoms with E-state index in [-0.39, 0.29) is 6.42 Å². The van der Waals surface area contributed by atoms with Crippen LogP contribution in [-0.4, -0.2) is 17.7 Å². The molecule has 0 aromatic heterocycles. The number of carboxylic acid groups (broad SMARTS) is 1. The third kappa shape index (κ3) is 5.25. The van der Waals surface area contributed by atoms with Crippen LogP contribution in [0, 0.1) is 23.2 Å². The van der Waals surface area contributed by atoms with Crippen molar-refractivity contribution in [1.29, 1.82) is 5.26 Å². The number of carboxylic acids is 1. The quantitative estimate of drug-likeness (QED) is 0.631. The Balaban J connectivity index is 2.52. The minimum Gasteiger partial charge on any atom is -0.493 e. The van der Waals surface area contributed by atoms with Crippen LogP contribution in [0.3, 0.4) is 0 Å². The largest absolute Gasteiger partial charge is 0.493 e. The first-order chi connectivity index (χ1) is 8.22. The molecule has 0 aliphatic carbocycles. The minimum absolute atomic E-state index is 0.166. The van der Waals surface area contributed by atoms with Crippen LogP contribution in [0.1, 0.15) is 18.4 Å². The summed E-state index contributed by atoms with van der Waals surface area (Å²) >= 11 is 0. The molecule has 0 aliphatic rings. The Labute approximate surface area is 99.4 Å². The van der Waals surface area contributed by atoms with E-state index in [1.165, 1.54) is 0 Å². The van der Waals surface area contributed by atoms with Crippen LogP contribution < -0.4 is 4.74 Å². The average molecular weight is 229 g/mol. The Morgan fingerprint density at radius 3 is 2.65 bits per heavy atom. The van der Waals surface area contributed by atoms with E-state index < -0.39 is 5.97 Å². The Morgan fingerprint density at radius 1 is 1.35 bits per heavy atom. The predicted octanol–water partition coefficient (Wildman–Crippen LogP) is 1.81. The van der Waals surface area contributed by atoms with Gasteiger partial charge in [0, 0.05) is 5.56 Å². The van der Waals surface area contributed by atoms with Gasteiger partial charge in [-0.05, 0) is 24.3 Å². The summed E-state index contributed by atoms with van der Waals surface area (Å²) < 4.78 is 5.28. The molecule has 0 spiro atoms. The molecule has 0 amide bonds. The lowest BCUT2D eigenvalue weighted by molar-refractivity contribution is -0.135. The second-order valence-corrected chi connectivity index (χ2v) is 3.15. The van der Waals surface area contributed by atoms with E-state index in [0.29, 0.717) is 18.8 Å². The van der Waals surface area contributed by atoms with Crippen LogP contribution in [0.2, 0.25) is 0 Å². The third-order valence-electron chi connectivity index (χ3n) is 1.81. The van der Waals surface area contributed by atoms with Crippen LogP contribution in [0.25, 0.3) is 0 Å². The van der Waals surface area contributed by atoms with E-state index >= 15 is 0 Å². The fraction of sp³-hybridized carbons (Fsp3) is 0.231. The summed E-state index contributed by atoms with van der Waals surface area (Å²) in [7, 11) is 0. The highest BCUT2D eigenvalue weighted by molar-refractivity contribution is 5.70. The lowest BCUT2D eigenvalue weighted by Crippen LogP contribution is -1.95. The van der Waals surface area contributed by atoms with Crippen molar-refractivity contribution >= 4 is 5.97 Å². The number of ether oxygens (including phenoxy) is 1. The molecule has 0 saturated carbocycles. The highest BCUT2D eigenvalue weighted by atomic mass is 16.5. The van der Waals surface area contributed by atoms with E-state index in [1.54, 1.807) is 24.3 Å². The number of nitriles is 1. The number of hydrogen-bond donors (Lipinski definition) is 1. The van der Waals surface area contributed by atoms with Crippen LogP contribution in [0.15, 0.2) is 24.3 Å². The normalized spacial score (nSPS) is 8.65. The number of hydrogen-bond acceptors (Lipinski definition) is 3. The maximum absolute atomic E-state index is 10.2. The number of benzene rings is 1. The first-order valence-corrected chi connectivity index (χ1v) is 5.03. The number of aliphatic carboxylic acids is 1. The topological polar surface area (TPSA) is 70.3 Å². The van der Waals surface area contributed by atoms with Gasteiger partial charge in [0.05, 0.1) is 12.5 Å². The Kier molecular flexibility index (Phi) is 5.13. The first kappa shape index (κ1) is 12.6. The monoisotopic (exact) mass is 229 g/mol. The van der Waals surface area contributed by atoms with Crippen LogP contribution in [0.5, 0.6) is 5.75 Å². The first-order valence-electron chi connectivity index (χ1n) is 5.03. The van der Waals surface area contributed by atoms with Crippen molar-refractivity contribution < 1.29 is 14.6 Å². The molecule has 0 atom stereocenters. The fourth-order valence-electron chi connectivity index (χ4n) is 1.07. The van der Waals surface area contributed by atoms with Crippen molar-refractivity contribution in [2.45, 2.75) is 12.8 Å². The predicted molar refractivity (Wildman–Crippen MR) is 61.3 cm³/mol. The molecule has 0 aliphatic heterocycles. The lowest BCUT2D eigenvalue weighted by atomic mass is 10.2. The summed E-state index contributed by atoms with van der Waals surface area (Å²) in [6.45, 7) is 0.362. The van der Waals surface area contributed by atoms with Gasteiger partial charge in [-0.2, -0.15) is 5.26 Å². The number of carbonyl (C=O) groups is 1. The minimum atomic E-state index is -0.936. The van der Waals surface area contributed by atoms with Gasteiger partial charge in [-0.3, -0.25) is 4.79 Å². The lowest BCUT2D eigenvalue weighted by Gasteiger charge is -2.02. The molecule has 0 heterocycles. The maximum Gasteiger partial charge on any atom is 0.315 e. The van der Waals surface area contributed by atoms with E-state index in [1.807, 2.05) is 6.07 Å². The summed E-state index contributed by atoms with van der Waals surface area (Å²) in [4.78, 5) is 10.2. The van der Waals surface area contributed by atoms with Crippen LogP contribution >= 0.6 is 0 Å². The number of nitrogens with zero attached hydrogens (tertiary/aromatic N) is 1. The molecule has 0 unspecified atom stereocenters. The molecule has 0 radical (unpaired) electrons. The summed E-state index contributed by atoms with van der Waals surface area (Å²) in [5, 5.41) is 16.7. The SMILES string of the molecule is N#CCCOc1ccc(C#CCC(=O)O)cc1. The van der Waals surface area contributed by atoms with Crippen molar-refractivity contribution in [3.05, 3.63) is 29.8 Å². The van der Waals surface area contributed by atoms with Gasteiger partial charge in [0.15, 0.2) is 0 Å². The van der Waals surface area contributed by atoms with Gasteiger partial charge in [0.1, 0.15) is 18.8 Å². The zero-order valence-corrected chi connectivity index (χ0v) is 9.14. The molecule has 1 rings (SSSR count). The molecule has 0 fully saturated rings. The molecule has 0 bridgehead atoms. The molecule has 4 heteroatoms. The highest BCUT2D eigenvalue weighted by Gasteiger charge is 1.93. The van der Waals surface area contributed by atoms with Gasteiger partial charge in [0.2, 0.25) is 0 Å². The maximum atomic E-state index is 10.2. The zero-order chi connectivity index (χ0) is 12.5. The van der Waals surface area contributed by atoms with Crippen molar-refractivity contribution in [3.8, 4) is 23.7 Å². The molecular weight excluding hydrogens is 218 g/mol. The van der Waals surface area contributed by atoms with Crippen LogP contribution in [0.4, 0.5) is 0 Å². The van der Waals surface area contributed by atoms with E-state index in [0.717, 1.165) is 5.56 Å². The van der Waals surface area contributed by atoms with Crippen molar-refractivity contribution in [3.63, 3.8) is 0 Å². The van der Waals surface area contributed by atoms with E-state index in [9.17, 15) is 4.79 Å². The molecule has 4 nitrogen and oxygen atoms in total. The van der Waals surface area contributed by atoms with Gasteiger partial charge >= 0.3 is 5.97 Å². The van der Waals surface area contributed by atoms with Crippen molar-refractivity contribution in [2.75, 3.05) is 6.61 Å². The number of rotatable bonds is 4. The molecule has 1 aromatic rings. The average Bonchev–Trinajstić information content (AvgIpc) is 2.31. The summed E-state index contributed by atoms with van der Waals surface area (Å²) in [6.07, 6.45) is 0.181. The highest BCUT2D eigenvalue weighted by Crippen LogP contribution is 2.11. The zero-order valence-electron chi connectivity index (χ0n) is 9.14. The van der Waals surface area contributed by atoms with Gasteiger partial charge in [-0.1, -0.05) is 11.8 Å². The van der Waals surface area contributed by atoms with Crippen LogP contribution in [-0.2, 0) is 4.79 Å². The molecule has 86 valence electrons. The molecule has 1 aromatic carbocycles. The van der Waals surface area contributed by atoms with E-state index in [4.69, 9.17) is 15.1 Å².